The number of benzene rings is 3. The zero-order valence-electron chi connectivity index (χ0n) is 16.5. The number of anilines is 1. The largest absolute Gasteiger partial charge is 0.493 e. The van der Waals surface area contributed by atoms with Crippen molar-refractivity contribution < 1.29 is 23.4 Å². The fourth-order valence-electron chi connectivity index (χ4n) is 2.84. The Labute approximate surface area is 169 Å². The van der Waals surface area contributed by atoms with Crippen LogP contribution in [0.5, 0.6) is 17.2 Å². The Balaban J connectivity index is 1.72. The van der Waals surface area contributed by atoms with Crippen LogP contribution in [0, 0.1) is 12.7 Å². The smallest absolute Gasteiger partial charge is 0.255 e. The van der Waals surface area contributed by atoms with E-state index in [1.807, 2.05) is 31.2 Å². The van der Waals surface area contributed by atoms with Crippen molar-refractivity contribution in [2.45, 2.75) is 13.5 Å². The van der Waals surface area contributed by atoms with E-state index in [4.69, 9.17) is 14.2 Å². The van der Waals surface area contributed by atoms with Gasteiger partial charge in [-0.05, 0) is 30.7 Å². The van der Waals surface area contributed by atoms with E-state index < -0.39 is 11.7 Å². The number of carbonyl (C=O) groups is 1. The van der Waals surface area contributed by atoms with Crippen molar-refractivity contribution in [3.05, 3.63) is 83.2 Å². The summed E-state index contributed by atoms with van der Waals surface area (Å²) in [4.78, 5) is 12.6. The van der Waals surface area contributed by atoms with Gasteiger partial charge in [0, 0.05) is 17.7 Å². The Hall–Kier alpha value is -3.54. The Morgan fingerprint density at radius 2 is 1.69 bits per heavy atom. The number of methoxy groups -OCH3 is 2. The Morgan fingerprint density at radius 3 is 2.41 bits per heavy atom. The monoisotopic (exact) mass is 395 g/mol. The molecule has 3 rings (SSSR count). The molecule has 0 aliphatic rings. The first-order chi connectivity index (χ1) is 14.0. The molecule has 1 amide bonds. The molecule has 0 aliphatic carbocycles. The molecule has 1 N–H and O–H groups in total. The second-order valence-corrected chi connectivity index (χ2v) is 6.45. The maximum absolute atomic E-state index is 14.3. The quantitative estimate of drug-likeness (QED) is 0.613. The highest BCUT2D eigenvalue weighted by atomic mass is 19.1. The standard InChI is InChI=1S/C23H22FNO4/c1-15-6-4-7-16(10-15)14-29-18-9-5-8-17(11-18)23(26)25-20-13-22(28-3)21(27-2)12-19(20)24/h4-13H,14H2,1-3H3,(H,25,26). The first-order valence-electron chi connectivity index (χ1n) is 9.01. The number of hydrogen-bond acceptors (Lipinski definition) is 4. The van der Waals surface area contributed by atoms with Crippen LogP contribution in [0.15, 0.2) is 60.7 Å². The normalized spacial score (nSPS) is 10.3. The molecule has 3 aromatic carbocycles. The van der Waals surface area contributed by atoms with Gasteiger partial charge in [-0.15, -0.1) is 0 Å². The van der Waals surface area contributed by atoms with Crippen molar-refractivity contribution >= 4 is 11.6 Å². The van der Waals surface area contributed by atoms with Crippen LogP contribution in [0.4, 0.5) is 10.1 Å². The zero-order chi connectivity index (χ0) is 20.8. The van der Waals surface area contributed by atoms with Crippen LogP contribution in [-0.2, 0) is 6.61 Å². The minimum Gasteiger partial charge on any atom is -0.493 e. The first-order valence-corrected chi connectivity index (χ1v) is 9.01. The summed E-state index contributed by atoms with van der Waals surface area (Å²) >= 11 is 0. The molecule has 0 saturated carbocycles. The van der Waals surface area contributed by atoms with Gasteiger partial charge in [0.1, 0.15) is 12.4 Å². The molecule has 0 atom stereocenters. The van der Waals surface area contributed by atoms with E-state index in [1.54, 1.807) is 24.3 Å². The van der Waals surface area contributed by atoms with Crippen molar-refractivity contribution in [1.82, 2.24) is 0 Å². The molecule has 0 saturated heterocycles. The minimum absolute atomic E-state index is 0.00117. The number of nitrogens with one attached hydrogen (secondary N) is 1. The third kappa shape index (κ3) is 5.04. The number of aryl methyl sites for hydroxylation is 1. The Bertz CT molecular complexity index is 1020. The fourth-order valence-corrected chi connectivity index (χ4v) is 2.84. The average molecular weight is 395 g/mol. The first kappa shape index (κ1) is 20.2. The van der Waals surface area contributed by atoms with Gasteiger partial charge in [0.15, 0.2) is 17.3 Å². The van der Waals surface area contributed by atoms with E-state index in [0.29, 0.717) is 23.7 Å². The second-order valence-electron chi connectivity index (χ2n) is 6.45. The van der Waals surface area contributed by atoms with Gasteiger partial charge in [0.25, 0.3) is 5.91 Å². The molecule has 0 radical (unpaired) electrons. The van der Waals surface area contributed by atoms with Gasteiger partial charge < -0.3 is 19.5 Å². The molecule has 0 aromatic heterocycles. The van der Waals surface area contributed by atoms with Gasteiger partial charge in [0.2, 0.25) is 0 Å². The number of halogens is 1. The number of amides is 1. The van der Waals surface area contributed by atoms with E-state index in [9.17, 15) is 9.18 Å². The fraction of sp³-hybridized carbons (Fsp3) is 0.174. The van der Waals surface area contributed by atoms with Crippen LogP contribution >= 0.6 is 0 Å². The van der Waals surface area contributed by atoms with Crippen molar-refractivity contribution in [1.29, 1.82) is 0 Å². The molecule has 29 heavy (non-hydrogen) atoms. The lowest BCUT2D eigenvalue weighted by Gasteiger charge is -2.12. The van der Waals surface area contributed by atoms with Gasteiger partial charge in [-0.1, -0.05) is 35.9 Å². The van der Waals surface area contributed by atoms with Crippen molar-refractivity contribution in [3.8, 4) is 17.2 Å². The maximum atomic E-state index is 14.3. The van der Waals surface area contributed by atoms with E-state index in [1.165, 1.54) is 20.3 Å². The third-order valence-electron chi connectivity index (χ3n) is 4.31. The third-order valence-corrected chi connectivity index (χ3v) is 4.31. The lowest BCUT2D eigenvalue weighted by molar-refractivity contribution is 0.102. The summed E-state index contributed by atoms with van der Waals surface area (Å²) in [7, 11) is 2.86. The summed E-state index contributed by atoms with van der Waals surface area (Å²) in [6, 6.07) is 17.3. The van der Waals surface area contributed by atoms with E-state index in [0.717, 1.165) is 17.2 Å². The summed E-state index contributed by atoms with van der Waals surface area (Å²) in [6.45, 7) is 2.40. The molecule has 0 bridgehead atoms. The number of hydrogen-bond donors (Lipinski definition) is 1. The minimum atomic E-state index is -0.622. The van der Waals surface area contributed by atoms with Crippen molar-refractivity contribution in [2.75, 3.05) is 19.5 Å². The lowest BCUT2D eigenvalue weighted by Crippen LogP contribution is -2.13. The lowest BCUT2D eigenvalue weighted by atomic mass is 10.1. The van der Waals surface area contributed by atoms with Crippen LogP contribution in [0.1, 0.15) is 21.5 Å². The Morgan fingerprint density at radius 1 is 0.966 bits per heavy atom. The van der Waals surface area contributed by atoms with E-state index in [2.05, 4.69) is 5.32 Å². The Kier molecular flexibility index (Phi) is 6.34. The summed E-state index contributed by atoms with van der Waals surface area (Å²) in [6.07, 6.45) is 0. The molecular formula is C23H22FNO4. The van der Waals surface area contributed by atoms with E-state index >= 15 is 0 Å². The van der Waals surface area contributed by atoms with Gasteiger partial charge >= 0.3 is 0 Å². The summed E-state index contributed by atoms with van der Waals surface area (Å²) < 4.78 is 30.3. The summed E-state index contributed by atoms with van der Waals surface area (Å²) in [5, 5.41) is 2.56. The van der Waals surface area contributed by atoms with Crippen LogP contribution < -0.4 is 19.5 Å². The highest BCUT2D eigenvalue weighted by Crippen LogP contribution is 2.32. The molecule has 5 nitrogen and oxygen atoms in total. The van der Waals surface area contributed by atoms with Crippen LogP contribution in [0.2, 0.25) is 0 Å². The molecule has 0 fully saturated rings. The predicted molar refractivity (Wildman–Crippen MR) is 109 cm³/mol. The second kappa shape index (κ2) is 9.10. The molecule has 150 valence electrons. The molecule has 6 heteroatoms. The molecule has 0 unspecified atom stereocenters. The average Bonchev–Trinajstić information content (AvgIpc) is 2.73. The van der Waals surface area contributed by atoms with Gasteiger partial charge in [-0.3, -0.25) is 4.79 Å². The maximum Gasteiger partial charge on any atom is 0.255 e. The number of ether oxygens (including phenoxy) is 3. The van der Waals surface area contributed by atoms with Crippen LogP contribution in [0.25, 0.3) is 0 Å². The van der Waals surface area contributed by atoms with Gasteiger partial charge in [-0.2, -0.15) is 0 Å². The van der Waals surface area contributed by atoms with Gasteiger partial charge in [0.05, 0.1) is 19.9 Å². The highest BCUT2D eigenvalue weighted by Gasteiger charge is 2.15. The van der Waals surface area contributed by atoms with Gasteiger partial charge in [-0.25, -0.2) is 4.39 Å². The van der Waals surface area contributed by atoms with Crippen molar-refractivity contribution in [2.24, 2.45) is 0 Å². The molecule has 3 aromatic rings. The molecule has 0 spiro atoms. The number of rotatable bonds is 7. The highest BCUT2D eigenvalue weighted by molar-refractivity contribution is 6.04. The summed E-state index contributed by atoms with van der Waals surface area (Å²) in [5.41, 5.74) is 2.53. The predicted octanol–water partition coefficient (Wildman–Crippen LogP) is 4.98. The molecular weight excluding hydrogens is 373 g/mol. The zero-order valence-corrected chi connectivity index (χ0v) is 16.5. The van der Waals surface area contributed by atoms with Crippen LogP contribution in [0.3, 0.4) is 0 Å². The SMILES string of the molecule is COc1cc(F)c(NC(=O)c2cccc(OCc3cccc(C)c3)c2)cc1OC. The van der Waals surface area contributed by atoms with Crippen LogP contribution in [-0.4, -0.2) is 20.1 Å². The molecule has 0 aliphatic heterocycles. The summed E-state index contributed by atoms with van der Waals surface area (Å²) in [5.74, 6) is 0.0286. The topological polar surface area (TPSA) is 56.8 Å². The van der Waals surface area contributed by atoms with Crippen molar-refractivity contribution in [3.63, 3.8) is 0 Å². The number of carbonyl (C=O) groups excluding carboxylic acids is 1. The van der Waals surface area contributed by atoms with E-state index in [-0.39, 0.29) is 11.4 Å². The molecule has 0 heterocycles.